The maximum atomic E-state index is 11.7. The molecule has 0 fully saturated rings. The van der Waals surface area contributed by atoms with Gasteiger partial charge in [-0.3, -0.25) is 0 Å². The van der Waals surface area contributed by atoms with Crippen LogP contribution in [0.3, 0.4) is 0 Å². The number of hydrogen-bond donors (Lipinski definition) is 0. The van der Waals surface area contributed by atoms with Crippen LogP contribution in [0.1, 0.15) is 12.5 Å². The van der Waals surface area contributed by atoms with Gasteiger partial charge in [-0.2, -0.15) is 0 Å². The van der Waals surface area contributed by atoms with E-state index in [0.717, 1.165) is 0 Å². The van der Waals surface area contributed by atoms with Crippen molar-refractivity contribution in [3.8, 4) is 0 Å². The Morgan fingerprint density at radius 2 is 1.94 bits per heavy atom. The first kappa shape index (κ1) is 14.8. The van der Waals surface area contributed by atoms with E-state index in [0.29, 0.717) is 22.2 Å². The molecule has 0 atom stereocenters. The van der Waals surface area contributed by atoms with Crippen LogP contribution in [0.4, 0.5) is 0 Å². The largest absolute Gasteiger partial charge is 0.381 e. The van der Waals surface area contributed by atoms with Crippen LogP contribution in [-0.2, 0) is 20.3 Å². The maximum absolute atomic E-state index is 11.7. The van der Waals surface area contributed by atoms with Crippen molar-refractivity contribution in [2.45, 2.75) is 12.7 Å². The first-order valence-electron chi connectivity index (χ1n) is 5.16. The van der Waals surface area contributed by atoms with Gasteiger partial charge in [0.1, 0.15) is 0 Å². The van der Waals surface area contributed by atoms with E-state index in [1.165, 1.54) is 0 Å². The highest BCUT2D eigenvalue weighted by Crippen LogP contribution is 2.23. The van der Waals surface area contributed by atoms with Gasteiger partial charge in [0.05, 0.1) is 28.2 Å². The summed E-state index contributed by atoms with van der Waals surface area (Å²) in [4.78, 5) is 0. The Hall–Kier alpha value is -0.290. The Morgan fingerprint density at radius 1 is 1.24 bits per heavy atom. The summed E-state index contributed by atoms with van der Waals surface area (Å²) < 4.78 is 28.5. The zero-order chi connectivity index (χ0) is 12.9. The van der Waals surface area contributed by atoms with Crippen molar-refractivity contribution in [2.24, 2.45) is 0 Å². The topological polar surface area (TPSA) is 43.4 Å². The highest BCUT2D eigenvalue weighted by Gasteiger charge is 2.12. The molecule has 0 aliphatic carbocycles. The van der Waals surface area contributed by atoms with Crippen LogP contribution in [0, 0.1) is 0 Å². The monoisotopic (exact) mass is 296 g/mol. The fourth-order valence-corrected chi connectivity index (χ4v) is 2.81. The maximum Gasteiger partial charge on any atom is 0.156 e. The molecule has 0 radical (unpaired) electrons. The Bertz CT molecular complexity index is 472. The van der Waals surface area contributed by atoms with E-state index in [4.69, 9.17) is 27.9 Å². The van der Waals surface area contributed by atoms with Crippen molar-refractivity contribution >= 4 is 33.0 Å². The molecular weight excluding hydrogens is 283 g/mol. The summed E-state index contributed by atoms with van der Waals surface area (Å²) in [6.45, 7) is 2.56. The van der Waals surface area contributed by atoms with Crippen LogP contribution in [0.25, 0.3) is 0 Å². The van der Waals surface area contributed by atoms with Crippen LogP contribution < -0.4 is 0 Å². The summed E-state index contributed by atoms with van der Waals surface area (Å²) in [7, 11) is -3.16. The van der Waals surface area contributed by atoms with Crippen molar-refractivity contribution in [3.05, 3.63) is 33.8 Å². The smallest absolute Gasteiger partial charge is 0.156 e. The molecule has 0 unspecified atom stereocenters. The zero-order valence-corrected chi connectivity index (χ0v) is 11.8. The highest BCUT2D eigenvalue weighted by molar-refractivity contribution is 7.90. The van der Waals surface area contributed by atoms with Crippen molar-refractivity contribution in [1.29, 1.82) is 0 Å². The minimum Gasteiger partial charge on any atom is -0.381 e. The normalized spacial score (nSPS) is 11.7. The van der Waals surface area contributed by atoms with Gasteiger partial charge >= 0.3 is 0 Å². The third-order valence-electron chi connectivity index (χ3n) is 2.11. The van der Waals surface area contributed by atoms with Gasteiger partial charge < -0.3 is 4.74 Å². The number of sulfone groups is 1. The standard InChI is InChI=1S/C11H14Cl2O3S/c1-2-16-5-6-17(14,15)8-9-3-4-10(12)11(13)7-9/h3-4,7H,2,5-6,8H2,1H3. The van der Waals surface area contributed by atoms with E-state index < -0.39 is 9.84 Å². The van der Waals surface area contributed by atoms with Crippen molar-refractivity contribution in [3.63, 3.8) is 0 Å². The molecule has 0 aliphatic rings. The Labute approximate surface area is 112 Å². The fourth-order valence-electron chi connectivity index (χ4n) is 1.29. The second kappa shape index (κ2) is 6.59. The molecule has 0 N–H and O–H groups in total. The lowest BCUT2D eigenvalue weighted by Gasteiger charge is -2.05. The molecule has 6 heteroatoms. The second-order valence-electron chi connectivity index (χ2n) is 3.54. The molecule has 1 aromatic rings. The van der Waals surface area contributed by atoms with Gasteiger partial charge in [-0.1, -0.05) is 29.3 Å². The minimum atomic E-state index is -3.16. The number of halogens is 2. The van der Waals surface area contributed by atoms with E-state index in [1.54, 1.807) is 18.2 Å². The predicted octanol–water partition coefficient (Wildman–Crippen LogP) is 2.94. The van der Waals surface area contributed by atoms with Gasteiger partial charge in [0.15, 0.2) is 9.84 Å². The fraction of sp³-hybridized carbons (Fsp3) is 0.455. The van der Waals surface area contributed by atoms with Gasteiger partial charge in [0.25, 0.3) is 0 Å². The van der Waals surface area contributed by atoms with Gasteiger partial charge in [0.2, 0.25) is 0 Å². The van der Waals surface area contributed by atoms with Crippen LogP contribution in [0.2, 0.25) is 10.0 Å². The lowest BCUT2D eigenvalue weighted by Crippen LogP contribution is -2.14. The number of ether oxygens (including phenoxy) is 1. The lowest BCUT2D eigenvalue weighted by molar-refractivity contribution is 0.163. The number of benzene rings is 1. The predicted molar refractivity (Wildman–Crippen MR) is 70.4 cm³/mol. The molecule has 1 rings (SSSR count). The van der Waals surface area contributed by atoms with Gasteiger partial charge in [0, 0.05) is 6.61 Å². The Kier molecular flexibility index (Phi) is 5.73. The average Bonchev–Trinajstić information content (AvgIpc) is 2.23. The average molecular weight is 297 g/mol. The van der Waals surface area contributed by atoms with E-state index >= 15 is 0 Å². The molecule has 17 heavy (non-hydrogen) atoms. The van der Waals surface area contributed by atoms with Crippen molar-refractivity contribution in [2.75, 3.05) is 19.0 Å². The molecule has 0 aromatic heterocycles. The second-order valence-corrected chi connectivity index (χ2v) is 6.54. The summed E-state index contributed by atoms with van der Waals surface area (Å²) in [5, 5.41) is 0.784. The molecule has 1 aromatic carbocycles. The third kappa shape index (κ3) is 5.25. The van der Waals surface area contributed by atoms with E-state index in [2.05, 4.69) is 0 Å². The zero-order valence-electron chi connectivity index (χ0n) is 9.45. The molecule has 0 heterocycles. The van der Waals surface area contributed by atoms with Crippen LogP contribution in [0.5, 0.6) is 0 Å². The SMILES string of the molecule is CCOCCS(=O)(=O)Cc1ccc(Cl)c(Cl)c1. The summed E-state index contributed by atoms with van der Waals surface area (Å²) in [6, 6.07) is 4.83. The van der Waals surface area contributed by atoms with Crippen LogP contribution in [-0.4, -0.2) is 27.4 Å². The minimum absolute atomic E-state index is 0.0150. The Balaban J connectivity index is 2.66. The molecule has 0 amide bonds. The van der Waals surface area contributed by atoms with Gasteiger partial charge in [-0.05, 0) is 24.6 Å². The molecule has 0 spiro atoms. The van der Waals surface area contributed by atoms with E-state index in [-0.39, 0.29) is 18.1 Å². The summed E-state index contributed by atoms with van der Waals surface area (Å²) in [5.74, 6) is -0.0297. The van der Waals surface area contributed by atoms with Gasteiger partial charge in [-0.25, -0.2) is 8.42 Å². The van der Waals surface area contributed by atoms with Gasteiger partial charge in [-0.15, -0.1) is 0 Å². The van der Waals surface area contributed by atoms with Crippen LogP contribution >= 0.6 is 23.2 Å². The molecule has 0 aliphatic heterocycles. The van der Waals surface area contributed by atoms with E-state index in [1.807, 2.05) is 6.92 Å². The first-order valence-corrected chi connectivity index (χ1v) is 7.74. The number of hydrogen-bond acceptors (Lipinski definition) is 3. The Morgan fingerprint density at radius 3 is 2.53 bits per heavy atom. The van der Waals surface area contributed by atoms with Crippen LogP contribution in [0.15, 0.2) is 18.2 Å². The lowest BCUT2D eigenvalue weighted by atomic mass is 10.2. The molecule has 0 saturated heterocycles. The quantitative estimate of drug-likeness (QED) is 0.758. The summed E-state index contributed by atoms with van der Waals surface area (Å²) in [5.41, 5.74) is 0.635. The molecule has 96 valence electrons. The summed E-state index contributed by atoms with van der Waals surface area (Å²) >= 11 is 11.6. The molecule has 3 nitrogen and oxygen atoms in total. The molecular formula is C11H14Cl2O3S. The van der Waals surface area contributed by atoms with Crippen molar-refractivity contribution in [1.82, 2.24) is 0 Å². The highest BCUT2D eigenvalue weighted by atomic mass is 35.5. The van der Waals surface area contributed by atoms with Crippen molar-refractivity contribution < 1.29 is 13.2 Å². The molecule has 0 saturated carbocycles. The number of rotatable bonds is 6. The first-order chi connectivity index (χ1) is 7.94. The molecule has 0 bridgehead atoms. The van der Waals surface area contributed by atoms with E-state index in [9.17, 15) is 8.42 Å². The third-order valence-corrected chi connectivity index (χ3v) is 4.41. The summed E-state index contributed by atoms with van der Waals surface area (Å²) in [6.07, 6.45) is 0.